The van der Waals surface area contributed by atoms with E-state index in [9.17, 15) is 14.9 Å². The molecule has 0 spiro atoms. The third kappa shape index (κ3) is 4.55. The molecule has 2 heterocycles. The van der Waals surface area contributed by atoms with Gasteiger partial charge >= 0.3 is 0 Å². The van der Waals surface area contributed by atoms with Crippen LogP contribution in [0.3, 0.4) is 0 Å². The average molecular weight is 483 g/mol. The summed E-state index contributed by atoms with van der Waals surface area (Å²) in [4.78, 5) is 23.3. The number of aromatic nitrogens is 2. The minimum absolute atomic E-state index is 0.0159. The van der Waals surface area contributed by atoms with Crippen molar-refractivity contribution in [1.82, 2.24) is 9.78 Å². The topological polar surface area (TPSA) is 118 Å². The number of methoxy groups -OCH3 is 3. The summed E-state index contributed by atoms with van der Waals surface area (Å²) in [5, 5.41) is 18.5. The van der Waals surface area contributed by atoms with Gasteiger partial charge in [-0.05, 0) is 35.9 Å². The summed E-state index contributed by atoms with van der Waals surface area (Å²) in [5.74, 6) is 3.08. The van der Waals surface area contributed by atoms with Gasteiger partial charge in [0.05, 0.1) is 37.6 Å². The van der Waals surface area contributed by atoms with E-state index in [1.165, 1.54) is 39.5 Å². The first-order valence-corrected chi connectivity index (χ1v) is 11.3. The maximum Gasteiger partial charge on any atom is 0.269 e. The monoisotopic (exact) mass is 482 g/mol. The highest BCUT2D eigenvalue weighted by atomic mass is 32.2. The Labute approximate surface area is 199 Å². The van der Waals surface area contributed by atoms with E-state index in [-0.39, 0.29) is 11.6 Å². The zero-order valence-corrected chi connectivity index (χ0v) is 19.5. The third-order valence-corrected chi connectivity index (χ3v) is 6.18. The van der Waals surface area contributed by atoms with Crippen LogP contribution in [0.2, 0.25) is 0 Å². The van der Waals surface area contributed by atoms with Crippen LogP contribution in [-0.2, 0) is 16.3 Å². The molecule has 1 N–H and O–H groups in total. The first kappa shape index (κ1) is 23.2. The van der Waals surface area contributed by atoms with Crippen molar-refractivity contribution < 1.29 is 23.9 Å². The number of nitro groups is 1. The number of anilines is 1. The maximum absolute atomic E-state index is 12.8. The van der Waals surface area contributed by atoms with Crippen molar-refractivity contribution in [2.45, 2.75) is 11.5 Å². The molecule has 1 aliphatic rings. The van der Waals surface area contributed by atoms with E-state index in [1.807, 2.05) is 0 Å². The molecule has 34 heavy (non-hydrogen) atoms. The lowest BCUT2D eigenvalue weighted by Crippen LogP contribution is -2.13. The molecule has 0 radical (unpaired) electrons. The fraction of sp³-hybridized carbons (Fsp3) is 0.217. The molecule has 11 heteroatoms. The standard InChI is InChI=1S/C23H22N4O6S/c1-31-19-10-14(11-20(32-2)22(19)33-3)4-9-21(28)24-23-17-12-34-13-18(17)25-26(23)15-5-7-16(8-6-15)27(29)30/h4-11H,12-13H2,1-3H3,(H,24,28)/b9-4+. The van der Waals surface area contributed by atoms with E-state index < -0.39 is 4.92 Å². The molecule has 176 valence electrons. The van der Waals surface area contributed by atoms with Gasteiger partial charge in [-0.15, -0.1) is 0 Å². The van der Waals surface area contributed by atoms with Gasteiger partial charge in [0, 0.05) is 35.3 Å². The van der Waals surface area contributed by atoms with E-state index in [0.717, 1.165) is 17.0 Å². The second-order valence-corrected chi connectivity index (χ2v) is 8.22. The molecule has 0 saturated heterocycles. The van der Waals surface area contributed by atoms with Crippen LogP contribution in [0.15, 0.2) is 42.5 Å². The van der Waals surface area contributed by atoms with E-state index in [4.69, 9.17) is 14.2 Å². The Morgan fingerprint density at radius 3 is 2.38 bits per heavy atom. The van der Waals surface area contributed by atoms with Crippen molar-refractivity contribution >= 4 is 35.3 Å². The molecule has 1 aromatic heterocycles. The maximum atomic E-state index is 12.8. The van der Waals surface area contributed by atoms with Gasteiger partial charge in [-0.1, -0.05) is 0 Å². The SMILES string of the molecule is COc1cc(/C=C/C(=O)Nc2c3c(nn2-c2ccc([N+](=O)[O-])cc2)CSC3)cc(OC)c1OC. The Morgan fingerprint density at radius 2 is 1.79 bits per heavy atom. The molecule has 0 aliphatic carbocycles. The molecule has 10 nitrogen and oxygen atoms in total. The van der Waals surface area contributed by atoms with Gasteiger partial charge in [0.2, 0.25) is 11.7 Å². The summed E-state index contributed by atoms with van der Waals surface area (Å²) in [5.41, 5.74) is 3.12. The Morgan fingerprint density at radius 1 is 1.12 bits per heavy atom. The number of hydrogen-bond acceptors (Lipinski definition) is 8. The molecule has 0 fully saturated rings. The lowest BCUT2D eigenvalue weighted by atomic mass is 10.1. The second kappa shape index (κ2) is 9.87. The number of nitro benzene ring substituents is 1. The third-order valence-electron chi connectivity index (χ3n) is 5.21. The van der Waals surface area contributed by atoms with Crippen molar-refractivity contribution in [3.8, 4) is 22.9 Å². The van der Waals surface area contributed by atoms with Gasteiger partial charge in [-0.25, -0.2) is 4.68 Å². The van der Waals surface area contributed by atoms with Crippen molar-refractivity contribution in [3.05, 3.63) is 69.4 Å². The normalized spacial score (nSPS) is 12.4. The largest absolute Gasteiger partial charge is 0.493 e. The van der Waals surface area contributed by atoms with Gasteiger partial charge in [0.1, 0.15) is 5.82 Å². The van der Waals surface area contributed by atoms with Gasteiger partial charge in [-0.2, -0.15) is 16.9 Å². The first-order valence-electron chi connectivity index (χ1n) is 10.2. The van der Waals surface area contributed by atoms with Gasteiger partial charge in [-0.3, -0.25) is 14.9 Å². The molecule has 1 amide bonds. The predicted octanol–water partition coefficient (Wildman–Crippen LogP) is 4.21. The zero-order valence-electron chi connectivity index (χ0n) is 18.7. The summed E-state index contributed by atoms with van der Waals surface area (Å²) >= 11 is 1.71. The predicted molar refractivity (Wildman–Crippen MR) is 129 cm³/mol. The number of hydrogen-bond donors (Lipinski definition) is 1. The molecule has 3 aromatic rings. The number of nitrogens with one attached hydrogen (secondary N) is 1. The zero-order chi connectivity index (χ0) is 24.2. The number of thioether (sulfide) groups is 1. The van der Waals surface area contributed by atoms with Crippen LogP contribution in [0.1, 0.15) is 16.8 Å². The molecule has 4 rings (SSSR count). The average Bonchev–Trinajstić information content (AvgIpc) is 3.44. The molecular weight excluding hydrogens is 460 g/mol. The summed E-state index contributed by atoms with van der Waals surface area (Å²) in [6, 6.07) is 9.50. The highest BCUT2D eigenvalue weighted by Gasteiger charge is 2.24. The van der Waals surface area contributed by atoms with E-state index in [2.05, 4.69) is 10.4 Å². The smallest absolute Gasteiger partial charge is 0.269 e. The number of non-ortho nitro benzene ring substituents is 1. The second-order valence-electron chi connectivity index (χ2n) is 7.23. The number of fused-ring (bicyclic) bond motifs is 1. The van der Waals surface area contributed by atoms with Crippen LogP contribution in [-0.4, -0.2) is 41.9 Å². The number of amides is 1. The molecule has 1 aliphatic heterocycles. The minimum atomic E-state index is -0.458. The highest BCUT2D eigenvalue weighted by molar-refractivity contribution is 7.98. The summed E-state index contributed by atoms with van der Waals surface area (Å²) < 4.78 is 17.6. The molecular formula is C23H22N4O6S. The van der Waals surface area contributed by atoms with E-state index in [1.54, 1.807) is 46.8 Å². The van der Waals surface area contributed by atoms with Crippen molar-refractivity contribution in [3.63, 3.8) is 0 Å². The summed E-state index contributed by atoms with van der Waals surface area (Å²) in [7, 11) is 4.57. The number of nitrogens with zero attached hydrogens (tertiary/aromatic N) is 3. The van der Waals surface area contributed by atoms with Crippen molar-refractivity contribution in [1.29, 1.82) is 0 Å². The Hall–Kier alpha value is -3.99. The minimum Gasteiger partial charge on any atom is -0.493 e. The number of carbonyl (C=O) groups excluding carboxylic acids is 1. The van der Waals surface area contributed by atoms with E-state index >= 15 is 0 Å². The first-order chi connectivity index (χ1) is 16.4. The van der Waals surface area contributed by atoms with Gasteiger partial charge in [0.15, 0.2) is 11.5 Å². The number of ether oxygens (including phenoxy) is 3. The highest BCUT2D eigenvalue weighted by Crippen LogP contribution is 2.39. The molecule has 0 saturated carbocycles. The Bertz CT molecular complexity index is 1240. The van der Waals surface area contributed by atoms with Crippen LogP contribution in [0, 0.1) is 10.1 Å². The number of carbonyl (C=O) groups is 1. The van der Waals surface area contributed by atoms with Crippen LogP contribution >= 0.6 is 11.8 Å². The van der Waals surface area contributed by atoms with Gasteiger partial charge < -0.3 is 19.5 Å². The summed E-state index contributed by atoms with van der Waals surface area (Å²) in [6.45, 7) is 0. The van der Waals surface area contributed by atoms with E-state index in [0.29, 0.717) is 40.1 Å². The van der Waals surface area contributed by atoms with Crippen LogP contribution in [0.4, 0.5) is 11.5 Å². The fourth-order valence-electron chi connectivity index (χ4n) is 3.57. The Kier molecular flexibility index (Phi) is 6.73. The number of rotatable bonds is 8. The van der Waals surface area contributed by atoms with Crippen molar-refractivity contribution in [2.75, 3.05) is 26.6 Å². The van der Waals surface area contributed by atoms with Crippen LogP contribution in [0.25, 0.3) is 11.8 Å². The van der Waals surface area contributed by atoms with Crippen LogP contribution in [0.5, 0.6) is 17.2 Å². The lowest BCUT2D eigenvalue weighted by Gasteiger charge is -2.13. The lowest BCUT2D eigenvalue weighted by molar-refractivity contribution is -0.384. The van der Waals surface area contributed by atoms with Crippen LogP contribution < -0.4 is 19.5 Å². The molecule has 0 atom stereocenters. The molecule has 0 unspecified atom stereocenters. The quantitative estimate of drug-likeness (QED) is 0.288. The summed E-state index contributed by atoms with van der Waals surface area (Å²) in [6.07, 6.45) is 3.05. The fourth-order valence-corrected chi connectivity index (χ4v) is 4.61. The van der Waals surface area contributed by atoms with Gasteiger partial charge in [0.25, 0.3) is 5.69 Å². The molecule has 2 aromatic carbocycles. The Balaban J connectivity index is 1.60. The van der Waals surface area contributed by atoms with Crippen molar-refractivity contribution in [2.24, 2.45) is 0 Å². The number of benzene rings is 2. The molecule has 0 bridgehead atoms.